The molecule has 2 aliphatic rings. The molecule has 3 aromatic rings. The lowest BCUT2D eigenvalue weighted by atomic mass is 9.96. The number of thioether (sulfide) groups is 1. The van der Waals surface area contributed by atoms with Gasteiger partial charge in [0, 0.05) is 12.6 Å². The van der Waals surface area contributed by atoms with E-state index in [1.165, 1.54) is 17.3 Å². The van der Waals surface area contributed by atoms with Gasteiger partial charge in [0.15, 0.2) is 0 Å². The van der Waals surface area contributed by atoms with Crippen molar-refractivity contribution in [2.75, 3.05) is 40.4 Å². The number of aromatic nitrogens is 2. The molecule has 0 saturated carbocycles. The predicted molar refractivity (Wildman–Crippen MR) is 154 cm³/mol. The summed E-state index contributed by atoms with van der Waals surface area (Å²) in [6.07, 6.45) is 8.08. The number of carbonyl (C=O) groups is 1. The molecule has 2 aliphatic heterocycles. The Morgan fingerprint density at radius 2 is 1.95 bits per heavy atom. The number of nitrogens with one attached hydrogen (secondary N) is 1. The highest BCUT2D eigenvalue weighted by atomic mass is 35.5. The third-order valence-corrected chi connectivity index (χ3v) is 7.96. The standard InChI is InChI=1S/C27H32N4O3S.2ClH/c1-33-22-9-8-20(23(16-22)34-2)5-4-12-30-13-10-19(11-14-30)17-29-27(32)24-15-21-18-28-25-6-3-7-26(35-24)31(21)25;;/h3,6-9,15-16,18-19H,4-5,10-14,17H2,1-2H3,(H,29,32);2*1H. The highest BCUT2D eigenvalue weighted by molar-refractivity contribution is 8.04. The van der Waals surface area contributed by atoms with Gasteiger partial charge >= 0.3 is 0 Å². The van der Waals surface area contributed by atoms with Crippen molar-refractivity contribution in [3.8, 4) is 11.5 Å². The monoisotopic (exact) mass is 564 g/mol. The molecule has 2 aromatic heterocycles. The highest BCUT2D eigenvalue weighted by Gasteiger charge is 2.23. The number of pyridine rings is 1. The van der Waals surface area contributed by atoms with Crippen LogP contribution in [-0.2, 0) is 11.2 Å². The van der Waals surface area contributed by atoms with E-state index in [1.54, 1.807) is 14.2 Å². The Morgan fingerprint density at radius 1 is 1.14 bits per heavy atom. The fourth-order valence-electron chi connectivity index (χ4n) is 4.89. The first-order chi connectivity index (χ1) is 17.1. The Kier molecular flexibility index (Phi) is 10.6. The second kappa shape index (κ2) is 13.4. The van der Waals surface area contributed by atoms with Gasteiger partial charge in [-0.2, -0.15) is 0 Å². The van der Waals surface area contributed by atoms with Gasteiger partial charge < -0.3 is 19.7 Å². The minimum atomic E-state index is 0. The maximum Gasteiger partial charge on any atom is 0.258 e. The number of piperidine rings is 1. The normalized spacial score (nSPS) is 15.4. The molecule has 200 valence electrons. The van der Waals surface area contributed by atoms with Gasteiger partial charge in [0.05, 0.1) is 36.0 Å². The van der Waals surface area contributed by atoms with Crippen LogP contribution in [0.3, 0.4) is 0 Å². The smallest absolute Gasteiger partial charge is 0.258 e. The van der Waals surface area contributed by atoms with Crippen LogP contribution in [0.15, 0.2) is 52.5 Å². The number of ether oxygens (including phenoxy) is 2. The summed E-state index contributed by atoms with van der Waals surface area (Å²) in [5.74, 6) is 2.25. The summed E-state index contributed by atoms with van der Waals surface area (Å²) in [6.45, 7) is 3.98. The van der Waals surface area contributed by atoms with Crippen LogP contribution in [-0.4, -0.2) is 60.6 Å². The van der Waals surface area contributed by atoms with E-state index in [0.29, 0.717) is 5.92 Å². The van der Waals surface area contributed by atoms with Crippen LogP contribution >= 0.6 is 36.6 Å². The molecule has 10 heteroatoms. The van der Waals surface area contributed by atoms with Crippen molar-refractivity contribution in [2.45, 2.75) is 30.7 Å². The molecule has 1 N–H and O–H groups in total. The van der Waals surface area contributed by atoms with Crippen molar-refractivity contribution in [2.24, 2.45) is 5.92 Å². The summed E-state index contributed by atoms with van der Waals surface area (Å²) < 4.78 is 12.9. The molecular formula is C27H34Cl2N4O3S. The Hall–Kier alpha value is -2.39. The molecule has 1 saturated heterocycles. The SMILES string of the molecule is COc1ccc(CCCN2CCC(CNC(=O)C3=Cc4cnc5cccc(n45)S3)CC2)c(OC)c1.Cl.Cl. The number of hydrogen-bond donors (Lipinski definition) is 1. The number of nitrogens with zero attached hydrogens (tertiary/aromatic N) is 3. The van der Waals surface area contributed by atoms with Crippen LogP contribution in [0.5, 0.6) is 11.5 Å². The molecule has 0 unspecified atom stereocenters. The number of amides is 1. The lowest BCUT2D eigenvalue weighted by Crippen LogP contribution is -2.39. The molecule has 37 heavy (non-hydrogen) atoms. The Balaban J connectivity index is 0.00000190. The summed E-state index contributed by atoms with van der Waals surface area (Å²) in [5.41, 5.74) is 3.09. The number of likely N-dealkylation sites (tertiary alicyclic amines) is 1. The van der Waals surface area contributed by atoms with Gasteiger partial charge in [-0.05, 0) is 81.1 Å². The predicted octanol–water partition coefficient (Wildman–Crippen LogP) is 5.10. The van der Waals surface area contributed by atoms with E-state index in [4.69, 9.17) is 9.47 Å². The van der Waals surface area contributed by atoms with Gasteiger partial charge in [0.2, 0.25) is 0 Å². The van der Waals surface area contributed by atoms with Gasteiger partial charge in [-0.3, -0.25) is 9.20 Å². The highest BCUT2D eigenvalue weighted by Crippen LogP contribution is 2.34. The van der Waals surface area contributed by atoms with Crippen molar-refractivity contribution in [1.82, 2.24) is 19.6 Å². The van der Waals surface area contributed by atoms with E-state index < -0.39 is 0 Å². The number of aryl methyl sites for hydroxylation is 1. The first-order valence-corrected chi connectivity index (χ1v) is 13.0. The lowest BCUT2D eigenvalue weighted by molar-refractivity contribution is -0.117. The van der Waals surface area contributed by atoms with Gasteiger partial charge in [-0.25, -0.2) is 4.98 Å². The van der Waals surface area contributed by atoms with Crippen LogP contribution in [0.4, 0.5) is 0 Å². The second-order valence-electron chi connectivity index (χ2n) is 9.13. The molecule has 5 rings (SSSR count). The van der Waals surface area contributed by atoms with Crippen molar-refractivity contribution < 1.29 is 14.3 Å². The minimum absolute atomic E-state index is 0. The van der Waals surface area contributed by atoms with Gasteiger partial charge in [0.1, 0.15) is 17.1 Å². The molecule has 1 fully saturated rings. The van der Waals surface area contributed by atoms with Crippen LogP contribution in [0, 0.1) is 5.92 Å². The largest absolute Gasteiger partial charge is 0.497 e. The first kappa shape index (κ1) is 29.2. The van der Waals surface area contributed by atoms with Gasteiger partial charge in [-0.15, -0.1) is 24.8 Å². The topological polar surface area (TPSA) is 68.1 Å². The molecule has 0 spiro atoms. The molecule has 0 bridgehead atoms. The number of carbonyl (C=O) groups excluding carboxylic acids is 1. The quantitative estimate of drug-likeness (QED) is 0.390. The minimum Gasteiger partial charge on any atom is -0.497 e. The van der Waals surface area contributed by atoms with E-state index >= 15 is 0 Å². The van der Waals surface area contributed by atoms with Crippen LogP contribution in [0.25, 0.3) is 11.7 Å². The van der Waals surface area contributed by atoms with Crippen molar-refractivity contribution >= 4 is 54.2 Å². The molecule has 0 aliphatic carbocycles. The van der Waals surface area contributed by atoms with E-state index in [0.717, 1.165) is 84.6 Å². The zero-order valence-electron chi connectivity index (χ0n) is 21.1. The van der Waals surface area contributed by atoms with Gasteiger partial charge in [-0.1, -0.05) is 23.9 Å². The fraction of sp³-hybridized carbons (Fsp3) is 0.407. The number of benzene rings is 1. The van der Waals surface area contributed by atoms with Crippen LogP contribution in [0.1, 0.15) is 30.5 Å². The maximum atomic E-state index is 12.9. The molecule has 0 radical (unpaired) electrons. The average molecular weight is 566 g/mol. The lowest BCUT2D eigenvalue weighted by Gasteiger charge is -2.32. The summed E-state index contributed by atoms with van der Waals surface area (Å²) >= 11 is 1.51. The summed E-state index contributed by atoms with van der Waals surface area (Å²) in [5, 5.41) is 4.21. The fourth-order valence-corrected chi connectivity index (χ4v) is 5.90. The van der Waals surface area contributed by atoms with E-state index in [9.17, 15) is 4.79 Å². The molecule has 0 atom stereocenters. The third-order valence-electron chi connectivity index (χ3n) is 6.91. The first-order valence-electron chi connectivity index (χ1n) is 12.2. The van der Waals surface area contributed by atoms with E-state index in [2.05, 4.69) is 25.7 Å². The Labute approximate surface area is 234 Å². The number of methoxy groups -OCH3 is 2. The van der Waals surface area contributed by atoms with Crippen LogP contribution < -0.4 is 14.8 Å². The van der Waals surface area contributed by atoms with Crippen molar-refractivity contribution in [1.29, 1.82) is 0 Å². The van der Waals surface area contributed by atoms with Crippen LogP contribution in [0.2, 0.25) is 0 Å². The summed E-state index contributed by atoms with van der Waals surface area (Å²) in [7, 11) is 3.38. The average Bonchev–Trinajstić information content (AvgIpc) is 3.32. The van der Waals surface area contributed by atoms with Gasteiger partial charge in [0.25, 0.3) is 5.91 Å². The zero-order chi connectivity index (χ0) is 24.2. The third kappa shape index (κ3) is 6.74. The Morgan fingerprint density at radius 3 is 2.70 bits per heavy atom. The number of rotatable bonds is 9. The molecule has 7 nitrogen and oxygen atoms in total. The van der Waals surface area contributed by atoms with E-state index in [1.807, 2.05) is 42.6 Å². The zero-order valence-corrected chi connectivity index (χ0v) is 23.6. The molecular weight excluding hydrogens is 531 g/mol. The molecule has 1 aromatic carbocycles. The second-order valence-corrected chi connectivity index (χ2v) is 10.2. The number of imidazole rings is 1. The summed E-state index contributed by atoms with van der Waals surface area (Å²) in [6, 6.07) is 12.0. The maximum absolute atomic E-state index is 12.9. The van der Waals surface area contributed by atoms with Crippen molar-refractivity contribution in [3.63, 3.8) is 0 Å². The number of halogens is 2. The number of hydrogen-bond acceptors (Lipinski definition) is 6. The Bertz CT molecular complexity index is 1240. The summed E-state index contributed by atoms with van der Waals surface area (Å²) in [4.78, 5) is 20.6. The van der Waals surface area contributed by atoms with Crippen molar-refractivity contribution in [3.05, 3.63) is 58.8 Å². The molecule has 4 heterocycles. The van der Waals surface area contributed by atoms with E-state index in [-0.39, 0.29) is 30.7 Å². The molecule has 1 amide bonds.